The van der Waals surface area contributed by atoms with Crippen LogP contribution in [0.5, 0.6) is 0 Å². The average Bonchev–Trinajstić information content (AvgIpc) is 2.46. The van der Waals surface area contributed by atoms with Crippen LogP contribution in [0.15, 0.2) is 12.1 Å². The lowest BCUT2D eigenvalue weighted by Gasteiger charge is -2.62. The van der Waals surface area contributed by atoms with Crippen molar-refractivity contribution < 1.29 is 4.39 Å². The number of nitrogens with zero attached hydrogens (tertiary/aromatic N) is 4. The monoisotopic (exact) mass is 287 g/mol. The summed E-state index contributed by atoms with van der Waals surface area (Å²) in [4.78, 5) is 4.48. The van der Waals surface area contributed by atoms with Crippen molar-refractivity contribution in [3.05, 3.63) is 23.6 Å². The van der Waals surface area contributed by atoms with Crippen LogP contribution in [-0.4, -0.2) is 54.4 Å². The molecule has 21 heavy (non-hydrogen) atoms. The fourth-order valence-electron chi connectivity index (χ4n) is 3.45. The highest BCUT2D eigenvalue weighted by Crippen LogP contribution is 2.39. The fourth-order valence-corrected chi connectivity index (χ4v) is 3.45. The van der Waals surface area contributed by atoms with E-state index in [9.17, 15) is 4.39 Å². The molecular weight excluding hydrogens is 269 g/mol. The molecule has 3 heterocycles. The van der Waals surface area contributed by atoms with Crippen LogP contribution in [0.4, 0.5) is 15.9 Å². The minimum Gasteiger partial charge on any atom is -0.371 e. The second-order valence-electron chi connectivity index (χ2n) is 5.96. The Hall–Kier alpha value is -1.95. The second-order valence-corrected chi connectivity index (χ2v) is 5.96. The van der Waals surface area contributed by atoms with Gasteiger partial charge in [-0.25, -0.2) is 4.39 Å². The number of aromatic nitrogens is 2. The summed E-state index contributed by atoms with van der Waals surface area (Å²) in [7, 11) is 3.93. The highest BCUT2D eigenvalue weighted by Gasteiger charge is 2.50. The minimum absolute atomic E-state index is 0.173. The second kappa shape index (κ2) is 4.27. The number of likely N-dealkylation sites (N-methyl/N-ethyl adjacent to an activating group) is 1. The molecule has 2 fully saturated rings. The van der Waals surface area contributed by atoms with Gasteiger partial charge in [-0.15, -0.1) is 5.10 Å². The van der Waals surface area contributed by atoms with Gasteiger partial charge in [0.25, 0.3) is 0 Å². The van der Waals surface area contributed by atoms with E-state index in [4.69, 9.17) is 0 Å². The summed E-state index contributed by atoms with van der Waals surface area (Å²) in [5.74, 6) is 0.522. The Morgan fingerprint density at radius 2 is 2.00 bits per heavy atom. The number of benzene rings is 1. The van der Waals surface area contributed by atoms with E-state index >= 15 is 0 Å². The molecule has 2 aliphatic heterocycles. The molecule has 4 rings (SSSR count). The maximum atomic E-state index is 14.5. The van der Waals surface area contributed by atoms with Crippen molar-refractivity contribution in [2.75, 3.05) is 37.4 Å². The molecule has 2 unspecified atom stereocenters. The van der Waals surface area contributed by atoms with Gasteiger partial charge in [-0.1, -0.05) is 0 Å². The molecule has 6 heteroatoms. The smallest absolute Gasteiger partial charge is 0.156 e. The predicted octanol–water partition coefficient (Wildman–Crippen LogP) is 1.62. The molecule has 0 amide bonds. The molecule has 0 saturated carbocycles. The van der Waals surface area contributed by atoms with Crippen molar-refractivity contribution >= 4 is 22.3 Å². The summed E-state index contributed by atoms with van der Waals surface area (Å²) in [5.41, 5.74) is 1.43. The van der Waals surface area contributed by atoms with Crippen LogP contribution in [0.2, 0.25) is 0 Å². The normalized spacial score (nSPS) is 24.5. The minimum atomic E-state index is -0.173. The van der Waals surface area contributed by atoms with Gasteiger partial charge in [0.05, 0.1) is 17.4 Å². The van der Waals surface area contributed by atoms with E-state index in [0.29, 0.717) is 23.6 Å². The van der Waals surface area contributed by atoms with Crippen LogP contribution in [0.3, 0.4) is 0 Å². The predicted molar refractivity (Wildman–Crippen MR) is 81.3 cm³/mol. The van der Waals surface area contributed by atoms with Crippen LogP contribution < -0.4 is 10.2 Å². The van der Waals surface area contributed by atoms with E-state index < -0.39 is 0 Å². The van der Waals surface area contributed by atoms with Crippen molar-refractivity contribution in [2.45, 2.75) is 19.0 Å². The highest BCUT2D eigenvalue weighted by molar-refractivity contribution is 5.95. The van der Waals surface area contributed by atoms with Crippen molar-refractivity contribution in [3.8, 4) is 0 Å². The van der Waals surface area contributed by atoms with Gasteiger partial charge < -0.3 is 10.2 Å². The van der Waals surface area contributed by atoms with Crippen LogP contribution >= 0.6 is 0 Å². The lowest BCUT2D eigenvalue weighted by Crippen LogP contribution is -2.78. The Morgan fingerprint density at radius 1 is 1.19 bits per heavy atom. The molecule has 2 saturated heterocycles. The highest BCUT2D eigenvalue weighted by atomic mass is 19.1. The SMILES string of the molecule is CNc1nnc(C)c2cc(F)c(N3CC4C3CN4C)cc12. The van der Waals surface area contributed by atoms with E-state index in [-0.39, 0.29) is 5.82 Å². The van der Waals surface area contributed by atoms with Gasteiger partial charge >= 0.3 is 0 Å². The number of anilines is 2. The lowest BCUT2D eigenvalue weighted by molar-refractivity contribution is 0.0363. The molecule has 2 aliphatic rings. The number of hydrogen-bond donors (Lipinski definition) is 1. The van der Waals surface area contributed by atoms with Crippen molar-refractivity contribution in [2.24, 2.45) is 0 Å². The van der Waals surface area contributed by atoms with Gasteiger partial charge in [0.1, 0.15) is 5.82 Å². The first kappa shape index (κ1) is 12.8. The quantitative estimate of drug-likeness (QED) is 0.909. The van der Waals surface area contributed by atoms with E-state index in [1.165, 1.54) is 0 Å². The van der Waals surface area contributed by atoms with Crippen molar-refractivity contribution in [1.29, 1.82) is 0 Å². The van der Waals surface area contributed by atoms with E-state index in [2.05, 4.69) is 32.4 Å². The molecule has 1 aromatic carbocycles. The average molecular weight is 287 g/mol. The number of piperazine rings is 1. The van der Waals surface area contributed by atoms with Gasteiger partial charge in [-0.3, -0.25) is 4.90 Å². The molecule has 5 nitrogen and oxygen atoms in total. The topological polar surface area (TPSA) is 44.3 Å². The van der Waals surface area contributed by atoms with E-state index in [1.54, 1.807) is 6.07 Å². The first-order valence-electron chi connectivity index (χ1n) is 7.21. The molecular formula is C15H18FN5. The zero-order chi connectivity index (χ0) is 14.7. The summed E-state index contributed by atoms with van der Waals surface area (Å²) >= 11 is 0. The van der Waals surface area contributed by atoms with Gasteiger partial charge in [0, 0.05) is 37.0 Å². The van der Waals surface area contributed by atoms with Crippen molar-refractivity contribution in [3.63, 3.8) is 0 Å². The molecule has 1 N–H and O–H groups in total. The molecule has 0 aliphatic carbocycles. The third-order valence-corrected chi connectivity index (χ3v) is 4.85. The van der Waals surface area contributed by atoms with Crippen LogP contribution in [0, 0.1) is 12.7 Å². The Bertz CT molecular complexity index is 732. The zero-order valence-electron chi connectivity index (χ0n) is 12.4. The number of halogens is 1. The molecule has 0 radical (unpaired) electrons. The maximum Gasteiger partial charge on any atom is 0.156 e. The van der Waals surface area contributed by atoms with E-state index in [0.717, 1.165) is 29.6 Å². The standard InChI is InChI=1S/C15H18FN5/c1-8-9-4-11(16)12(5-10(9)15(17-2)19-18-8)21-7-13-14(21)6-20(13)3/h4-5,13-14H,6-7H2,1-3H3,(H,17,19). The molecule has 0 spiro atoms. The third-order valence-electron chi connectivity index (χ3n) is 4.85. The van der Waals surface area contributed by atoms with E-state index in [1.807, 2.05) is 20.0 Å². The fraction of sp³-hybridized carbons (Fsp3) is 0.467. The number of hydrogen-bond acceptors (Lipinski definition) is 5. The van der Waals surface area contributed by atoms with Crippen LogP contribution in [0.1, 0.15) is 5.69 Å². The molecule has 2 atom stereocenters. The first-order chi connectivity index (χ1) is 10.1. The van der Waals surface area contributed by atoms with Gasteiger partial charge in [0.2, 0.25) is 0 Å². The Kier molecular flexibility index (Phi) is 2.60. The summed E-state index contributed by atoms with van der Waals surface area (Å²) in [6, 6.07) is 4.54. The number of aryl methyl sites for hydroxylation is 1. The largest absolute Gasteiger partial charge is 0.371 e. The van der Waals surface area contributed by atoms with Crippen LogP contribution in [0.25, 0.3) is 10.8 Å². The molecule has 0 bridgehead atoms. The zero-order valence-corrected chi connectivity index (χ0v) is 12.4. The summed E-state index contributed by atoms with van der Waals surface area (Å²) in [5, 5.41) is 13.0. The van der Waals surface area contributed by atoms with Crippen LogP contribution in [-0.2, 0) is 0 Å². The lowest BCUT2D eigenvalue weighted by atomic mass is 9.85. The maximum absolute atomic E-state index is 14.5. The summed E-state index contributed by atoms with van der Waals surface area (Å²) in [6.07, 6.45) is 0. The number of fused-ring (bicyclic) bond motifs is 2. The first-order valence-corrected chi connectivity index (χ1v) is 7.21. The third kappa shape index (κ3) is 1.65. The molecule has 2 aromatic rings. The molecule has 110 valence electrons. The van der Waals surface area contributed by atoms with Gasteiger partial charge in [-0.05, 0) is 26.1 Å². The number of likely N-dealkylation sites (tertiary alicyclic amines) is 1. The Morgan fingerprint density at radius 3 is 2.62 bits per heavy atom. The summed E-state index contributed by atoms with van der Waals surface area (Å²) < 4.78 is 14.5. The number of nitrogens with one attached hydrogen (secondary N) is 1. The van der Waals surface area contributed by atoms with Crippen molar-refractivity contribution in [1.82, 2.24) is 15.1 Å². The van der Waals surface area contributed by atoms with Gasteiger partial charge in [-0.2, -0.15) is 5.10 Å². The van der Waals surface area contributed by atoms with Gasteiger partial charge in [0.15, 0.2) is 5.82 Å². The molecule has 1 aromatic heterocycles. The number of rotatable bonds is 2. The summed E-state index contributed by atoms with van der Waals surface area (Å²) in [6.45, 7) is 3.76. The Labute approximate surface area is 122 Å². The Balaban J connectivity index is 1.82.